The van der Waals surface area contributed by atoms with E-state index in [1.807, 2.05) is 54.6 Å². The molecule has 0 atom stereocenters. The van der Waals surface area contributed by atoms with Crippen molar-refractivity contribution >= 4 is 21.8 Å². The SMILES string of the molecule is FCCOc1ccc2cc(-c3nc4ccccc4[nH]3)ccc2c1. The molecule has 0 aliphatic rings. The van der Waals surface area contributed by atoms with E-state index in [0.29, 0.717) is 5.75 Å². The Kier molecular flexibility index (Phi) is 3.42. The summed E-state index contributed by atoms with van der Waals surface area (Å²) >= 11 is 0. The average Bonchev–Trinajstić information content (AvgIpc) is 3.03. The molecule has 0 spiro atoms. The van der Waals surface area contributed by atoms with Gasteiger partial charge in [0.25, 0.3) is 0 Å². The van der Waals surface area contributed by atoms with Crippen LogP contribution in [0.25, 0.3) is 33.2 Å². The third kappa shape index (κ3) is 2.63. The first-order chi connectivity index (χ1) is 11.3. The van der Waals surface area contributed by atoms with Crippen LogP contribution in [0.2, 0.25) is 0 Å². The lowest BCUT2D eigenvalue weighted by Crippen LogP contribution is -1.98. The molecule has 0 saturated heterocycles. The number of ether oxygens (including phenoxy) is 1. The van der Waals surface area contributed by atoms with Crippen LogP contribution in [0.1, 0.15) is 0 Å². The summed E-state index contributed by atoms with van der Waals surface area (Å²) in [5.74, 6) is 1.54. The van der Waals surface area contributed by atoms with Crippen molar-refractivity contribution in [3.8, 4) is 17.1 Å². The second-order valence-corrected chi connectivity index (χ2v) is 5.36. The fraction of sp³-hybridized carbons (Fsp3) is 0.105. The number of fused-ring (bicyclic) bond motifs is 2. The van der Waals surface area contributed by atoms with Gasteiger partial charge in [-0.15, -0.1) is 0 Å². The molecule has 4 heteroatoms. The molecule has 0 radical (unpaired) electrons. The van der Waals surface area contributed by atoms with Gasteiger partial charge in [-0.2, -0.15) is 0 Å². The molecule has 3 nitrogen and oxygen atoms in total. The van der Waals surface area contributed by atoms with Gasteiger partial charge >= 0.3 is 0 Å². The molecule has 4 rings (SSSR count). The molecule has 0 bridgehead atoms. The van der Waals surface area contributed by atoms with Gasteiger partial charge in [0.05, 0.1) is 11.0 Å². The minimum Gasteiger partial charge on any atom is -0.491 e. The molecule has 4 aromatic rings. The van der Waals surface area contributed by atoms with Crippen molar-refractivity contribution in [2.75, 3.05) is 13.3 Å². The zero-order chi connectivity index (χ0) is 15.6. The van der Waals surface area contributed by atoms with Crippen molar-refractivity contribution in [1.29, 1.82) is 0 Å². The van der Waals surface area contributed by atoms with E-state index in [4.69, 9.17) is 4.74 Å². The molecule has 0 unspecified atom stereocenters. The van der Waals surface area contributed by atoms with Crippen LogP contribution < -0.4 is 4.74 Å². The van der Waals surface area contributed by atoms with Crippen LogP contribution in [0.4, 0.5) is 4.39 Å². The second-order valence-electron chi connectivity index (χ2n) is 5.36. The summed E-state index contributed by atoms with van der Waals surface area (Å²) in [4.78, 5) is 7.96. The van der Waals surface area contributed by atoms with Gasteiger partial charge < -0.3 is 9.72 Å². The Balaban J connectivity index is 1.73. The molecule has 23 heavy (non-hydrogen) atoms. The highest BCUT2D eigenvalue weighted by atomic mass is 19.1. The first kappa shape index (κ1) is 13.8. The minimum absolute atomic E-state index is 0.0859. The number of H-pyrrole nitrogens is 1. The lowest BCUT2D eigenvalue weighted by atomic mass is 10.1. The van der Waals surface area contributed by atoms with Gasteiger partial charge in [-0.3, -0.25) is 0 Å². The van der Waals surface area contributed by atoms with Gasteiger partial charge in [0.2, 0.25) is 0 Å². The number of halogens is 1. The quantitative estimate of drug-likeness (QED) is 0.592. The smallest absolute Gasteiger partial charge is 0.138 e. The lowest BCUT2D eigenvalue weighted by Gasteiger charge is -2.06. The number of alkyl halides is 1. The van der Waals surface area contributed by atoms with Crippen LogP contribution in [-0.2, 0) is 0 Å². The molecule has 0 fully saturated rings. The summed E-state index contributed by atoms with van der Waals surface area (Å²) < 4.78 is 17.5. The predicted molar refractivity (Wildman–Crippen MR) is 90.5 cm³/mol. The number of nitrogens with zero attached hydrogens (tertiary/aromatic N) is 1. The summed E-state index contributed by atoms with van der Waals surface area (Å²) in [5, 5.41) is 2.15. The van der Waals surface area contributed by atoms with E-state index in [2.05, 4.69) is 16.0 Å². The van der Waals surface area contributed by atoms with Crippen LogP contribution in [0.15, 0.2) is 60.7 Å². The lowest BCUT2D eigenvalue weighted by molar-refractivity contribution is 0.273. The van der Waals surface area contributed by atoms with Crippen molar-refractivity contribution < 1.29 is 9.13 Å². The van der Waals surface area contributed by atoms with Gasteiger partial charge in [0.15, 0.2) is 0 Å². The molecule has 1 heterocycles. The molecule has 1 aromatic heterocycles. The number of para-hydroxylation sites is 2. The molecule has 1 N–H and O–H groups in total. The molecule has 114 valence electrons. The maximum Gasteiger partial charge on any atom is 0.138 e. The summed E-state index contributed by atoms with van der Waals surface area (Å²) in [5.41, 5.74) is 3.02. The van der Waals surface area contributed by atoms with Crippen molar-refractivity contribution in [2.45, 2.75) is 0 Å². The summed E-state index contributed by atoms with van der Waals surface area (Å²) in [6.07, 6.45) is 0. The summed E-state index contributed by atoms with van der Waals surface area (Å²) in [6.45, 7) is -0.397. The van der Waals surface area contributed by atoms with Crippen LogP contribution in [0.3, 0.4) is 0 Å². The van der Waals surface area contributed by atoms with Crippen LogP contribution in [-0.4, -0.2) is 23.2 Å². The molecule has 0 amide bonds. The Bertz CT molecular complexity index is 944. The van der Waals surface area contributed by atoms with Crippen LogP contribution >= 0.6 is 0 Å². The number of rotatable bonds is 4. The van der Waals surface area contributed by atoms with E-state index in [1.54, 1.807) is 0 Å². The highest BCUT2D eigenvalue weighted by molar-refractivity contribution is 5.88. The fourth-order valence-corrected chi connectivity index (χ4v) is 2.71. The van der Waals surface area contributed by atoms with Gasteiger partial charge in [0.1, 0.15) is 24.9 Å². The number of nitrogens with one attached hydrogen (secondary N) is 1. The molecule has 0 aliphatic carbocycles. The molecule has 0 aliphatic heterocycles. The summed E-state index contributed by atoms with van der Waals surface area (Å²) in [6, 6.07) is 19.9. The van der Waals surface area contributed by atoms with E-state index in [9.17, 15) is 4.39 Å². The summed E-state index contributed by atoms with van der Waals surface area (Å²) in [7, 11) is 0. The zero-order valence-electron chi connectivity index (χ0n) is 12.4. The first-order valence-corrected chi connectivity index (χ1v) is 7.51. The first-order valence-electron chi connectivity index (χ1n) is 7.51. The van der Waals surface area contributed by atoms with Crippen LogP contribution in [0.5, 0.6) is 5.75 Å². The number of aromatic nitrogens is 2. The highest BCUT2D eigenvalue weighted by Crippen LogP contribution is 2.27. The Morgan fingerprint density at radius 1 is 0.957 bits per heavy atom. The van der Waals surface area contributed by atoms with Crippen molar-refractivity contribution in [2.24, 2.45) is 0 Å². The number of benzene rings is 3. The van der Waals surface area contributed by atoms with E-state index >= 15 is 0 Å². The predicted octanol–water partition coefficient (Wildman–Crippen LogP) is 4.73. The average molecular weight is 306 g/mol. The third-order valence-corrected chi connectivity index (χ3v) is 3.82. The van der Waals surface area contributed by atoms with Gasteiger partial charge in [-0.25, -0.2) is 9.37 Å². The zero-order valence-corrected chi connectivity index (χ0v) is 12.4. The normalized spacial score (nSPS) is 11.2. The van der Waals surface area contributed by atoms with Gasteiger partial charge in [-0.1, -0.05) is 30.3 Å². The number of imidazole rings is 1. The van der Waals surface area contributed by atoms with E-state index < -0.39 is 6.67 Å². The molecular weight excluding hydrogens is 291 g/mol. The Labute approximate surface area is 132 Å². The monoisotopic (exact) mass is 306 g/mol. The molecular formula is C19H15FN2O. The van der Waals surface area contributed by atoms with E-state index in [-0.39, 0.29) is 6.61 Å². The topological polar surface area (TPSA) is 37.9 Å². The Morgan fingerprint density at radius 3 is 2.65 bits per heavy atom. The van der Waals surface area contributed by atoms with Gasteiger partial charge in [0, 0.05) is 5.56 Å². The largest absolute Gasteiger partial charge is 0.491 e. The van der Waals surface area contributed by atoms with E-state index in [0.717, 1.165) is 33.2 Å². The standard InChI is InChI=1S/C19H15FN2O/c20-9-10-23-16-8-7-13-11-15(6-5-14(13)12-16)19-21-17-3-1-2-4-18(17)22-19/h1-8,11-12H,9-10H2,(H,21,22). The Morgan fingerprint density at radius 2 is 1.78 bits per heavy atom. The number of aromatic amines is 1. The van der Waals surface area contributed by atoms with Crippen molar-refractivity contribution in [1.82, 2.24) is 9.97 Å². The number of hydrogen-bond acceptors (Lipinski definition) is 2. The number of hydrogen-bond donors (Lipinski definition) is 1. The van der Waals surface area contributed by atoms with Crippen molar-refractivity contribution in [3.05, 3.63) is 60.7 Å². The Hall–Kier alpha value is -2.88. The van der Waals surface area contributed by atoms with Crippen LogP contribution in [0, 0.1) is 0 Å². The highest BCUT2D eigenvalue weighted by Gasteiger charge is 2.06. The van der Waals surface area contributed by atoms with Crippen molar-refractivity contribution in [3.63, 3.8) is 0 Å². The fourth-order valence-electron chi connectivity index (χ4n) is 2.71. The molecule has 3 aromatic carbocycles. The van der Waals surface area contributed by atoms with E-state index in [1.165, 1.54) is 0 Å². The maximum absolute atomic E-state index is 12.2. The minimum atomic E-state index is -0.483. The van der Waals surface area contributed by atoms with Gasteiger partial charge in [-0.05, 0) is 41.1 Å². The third-order valence-electron chi connectivity index (χ3n) is 3.82. The maximum atomic E-state index is 12.2. The second kappa shape index (κ2) is 5.72. The molecule has 0 saturated carbocycles.